The van der Waals surface area contributed by atoms with Crippen LogP contribution >= 0.6 is 0 Å². The SMILES string of the molecule is Cn1nc(NCCCCO)c(=O)n(C)c1=O. The molecule has 7 nitrogen and oxygen atoms in total. The van der Waals surface area contributed by atoms with Crippen LogP contribution in [0.2, 0.25) is 0 Å². The summed E-state index contributed by atoms with van der Waals surface area (Å²) in [4.78, 5) is 22.9. The third-order valence-electron chi connectivity index (χ3n) is 2.20. The van der Waals surface area contributed by atoms with Crippen molar-refractivity contribution in [3.8, 4) is 0 Å². The number of aryl methyl sites for hydroxylation is 1. The Kier molecular flexibility index (Phi) is 4.24. The minimum atomic E-state index is -0.453. The van der Waals surface area contributed by atoms with Crippen LogP contribution in [0.15, 0.2) is 9.59 Å². The molecule has 7 heteroatoms. The zero-order valence-corrected chi connectivity index (χ0v) is 9.43. The van der Waals surface area contributed by atoms with Gasteiger partial charge < -0.3 is 10.4 Å². The topological polar surface area (TPSA) is 89.2 Å². The van der Waals surface area contributed by atoms with E-state index in [0.717, 1.165) is 15.7 Å². The Labute approximate surface area is 92.3 Å². The molecule has 0 amide bonds. The number of nitrogens with zero attached hydrogens (tertiary/aromatic N) is 3. The van der Waals surface area contributed by atoms with Crippen molar-refractivity contribution in [2.45, 2.75) is 12.8 Å². The fraction of sp³-hybridized carbons (Fsp3) is 0.667. The van der Waals surface area contributed by atoms with Gasteiger partial charge in [0, 0.05) is 27.2 Å². The molecule has 1 aromatic rings. The predicted molar refractivity (Wildman–Crippen MR) is 59.5 cm³/mol. The minimum Gasteiger partial charge on any atom is -0.396 e. The third-order valence-corrected chi connectivity index (χ3v) is 2.20. The normalized spacial score (nSPS) is 10.4. The summed E-state index contributed by atoms with van der Waals surface area (Å²) < 4.78 is 2.11. The fourth-order valence-corrected chi connectivity index (χ4v) is 1.25. The maximum atomic E-state index is 11.6. The zero-order chi connectivity index (χ0) is 12.1. The molecule has 0 aromatic carbocycles. The maximum absolute atomic E-state index is 11.6. The van der Waals surface area contributed by atoms with Gasteiger partial charge in [0.05, 0.1) is 0 Å². The van der Waals surface area contributed by atoms with Gasteiger partial charge in [0.15, 0.2) is 0 Å². The summed E-state index contributed by atoms with van der Waals surface area (Å²) in [7, 11) is 2.89. The average Bonchev–Trinajstić information content (AvgIpc) is 2.28. The highest BCUT2D eigenvalue weighted by Gasteiger charge is 2.07. The highest BCUT2D eigenvalue weighted by atomic mass is 16.3. The average molecular weight is 228 g/mol. The van der Waals surface area contributed by atoms with Crippen LogP contribution in [0.3, 0.4) is 0 Å². The summed E-state index contributed by atoms with van der Waals surface area (Å²) in [6.45, 7) is 0.668. The summed E-state index contributed by atoms with van der Waals surface area (Å²) in [5.74, 6) is 0.155. The van der Waals surface area contributed by atoms with E-state index in [1.54, 1.807) is 0 Å². The van der Waals surface area contributed by atoms with Crippen LogP contribution in [-0.2, 0) is 14.1 Å². The predicted octanol–water partition coefficient (Wildman–Crippen LogP) is -1.34. The molecule has 0 bridgehead atoms. The van der Waals surface area contributed by atoms with Gasteiger partial charge in [-0.15, -0.1) is 5.10 Å². The molecular weight excluding hydrogens is 212 g/mol. The largest absolute Gasteiger partial charge is 0.396 e. The van der Waals surface area contributed by atoms with Crippen LogP contribution in [0, 0.1) is 0 Å². The van der Waals surface area contributed by atoms with E-state index in [4.69, 9.17) is 5.11 Å². The van der Waals surface area contributed by atoms with Gasteiger partial charge >= 0.3 is 5.69 Å². The van der Waals surface area contributed by atoms with Crippen molar-refractivity contribution in [1.29, 1.82) is 0 Å². The molecular formula is C9H16N4O3. The molecule has 0 atom stereocenters. The molecule has 0 spiro atoms. The number of aliphatic hydroxyl groups is 1. The molecule has 90 valence electrons. The van der Waals surface area contributed by atoms with E-state index in [0.29, 0.717) is 13.0 Å². The highest BCUT2D eigenvalue weighted by molar-refractivity contribution is 5.29. The summed E-state index contributed by atoms with van der Waals surface area (Å²) in [6.07, 6.45) is 1.41. The van der Waals surface area contributed by atoms with Crippen molar-refractivity contribution in [3.63, 3.8) is 0 Å². The van der Waals surface area contributed by atoms with Gasteiger partial charge in [-0.05, 0) is 12.8 Å². The Balaban J connectivity index is 2.82. The number of unbranched alkanes of at least 4 members (excludes halogenated alkanes) is 1. The third kappa shape index (κ3) is 2.69. The van der Waals surface area contributed by atoms with Gasteiger partial charge in [0.2, 0.25) is 5.82 Å². The van der Waals surface area contributed by atoms with Crippen LogP contribution in [-0.4, -0.2) is 32.6 Å². The first-order valence-electron chi connectivity index (χ1n) is 5.07. The lowest BCUT2D eigenvalue weighted by molar-refractivity contribution is 0.286. The molecule has 0 radical (unpaired) electrons. The van der Waals surface area contributed by atoms with E-state index >= 15 is 0 Å². The molecule has 0 saturated heterocycles. The number of rotatable bonds is 5. The highest BCUT2D eigenvalue weighted by Crippen LogP contribution is 1.92. The second-order valence-electron chi connectivity index (χ2n) is 3.48. The molecule has 0 unspecified atom stereocenters. The van der Waals surface area contributed by atoms with Gasteiger partial charge in [-0.2, -0.15) is 0 Å². The second kappa shape index (κ2) is 5.45. The zero-order valence-electron chi connectivity index (χ0n) is 9.43. The number of hydrogen-bond donors (Lipinski definition) is 2. The smallest absolute Gasteiger partial charge is 0.346 e. The number of aliphatic hydroxyl groups excluding tert-OH is 1. The van der Waals surface area contributed by atoms with Crippen molar-refractivity contribution in [1.82, 2.24) is 14.3 Å². The van der Waals surface area contributed by atoms with Crippen molar-refractivity contribution >= 4 is 5.82 Å². The molecule has 16 heavy (non-hydrogen) atoms. The Morgan fingerprint density at radius 3 is 2.62 bits per heavy atom. The van der Waals surface area contributed by atoms with Gasteiger partial charge in [0.25, 0.3) is 5.56 Å². The van der Waals surface area contributed by atoms with Crippen LogP contribution < -0.4 is 16.6 Å². The number of hydrogen-bond acceptors (Lipinski definition) is 5. The Hall–Kier alpha value is -1.63. The second-order valence-corrected chi connectivity index (χ2v) is 3.48. The van der Waals surface area contributed by atoms with Crippen LogP contribution in [0.4, 0.5) is 5.82 Å². The summed E-state index contributed by atoms with van der Waals surface area (Å²) in [5.41, 5.74) is -0.891. The van der Waals surface area contributed by atoms with Crippen molar-refractivity contribution in [2.24, 2.45) is 14.1 Å². The molecule has 0 aliphatic rings. The van der Waals surface area contributed by atoms with E-state index in [-0.39, 0.29) is 12.4 Å². The molecule has 0 saturated carbocycles. The molecule has 1 rings (SSSR count). The Bertz CT molecular complexity index is 463. The molecule has 1 heterocycles. The van der Waals surface area contributed by atoms with E-state index in [1.807, 2.05) is 0 Å². The van der Waals surface area contributed by atoms with E-state index in [1.165, 1.54) is 14.1 Å². The fourth-order valence-electron chi connectivity index (χ4n) is 1.25. The summed E-state index contributed by atoms with van der Waals surface area (Å²) in [6, 6.07) is 0. The van der Waals surface area contributed by atoms with Crippen LogP contribution in [0.25, 0.3) is 0 Å². The molecule has 1 aromatic heterocycles. The number of aromatic nitrogens is 3. The first-order valence-corrected chi connectivity index (χ1v) is 5.07. The van der Waals surface area contributed by atoms with E-state index in [2.05, 4.69) is 10.4 Å². The minimum absolute atomic E-state index is 0.125. The van der Waals surface area contributed by atoms with Gasteiger partial charge in [-0.25, -0.2) is 9.48 Å². The molecule has 0 fully saturated rings. The lowest BCUT2D eigenvalue weighted by Gasteiger charge is -2.07. The van der Waals surface area contributed by atoms with Gasteiger partial charge in [-0.1, -0.05) is 0 Å². The van der Waals surface area contributed by atoms with Crippen LogP contribution in [0.1, 0.15) is 12.8 Å². The monoisotopic (exact) mass is 228 g/mol. The summed E-state index contributed by atoms with van der Waals surface area (Å²) >= 11 is 0. The van der Waals surface area contributed by atoms with Crippen molar-refractivity contribution in [3.05, 3.63) is 20.8 Å². The standard InChI is InChI=1S/C9H16N4O3/c1-12-8(15)7(10-5-3-4-6-14)11-13(2)9(12)16/h14H,3-6H2,1-2H3,(H,10,11). The quantitative estimate of drug-likeness (QED) is 0.609. The van der Waals surface area contributed by atoms with E-state index < -0.39 is 11.2 Å². The lowest BCUT2D eigenvalue weighted by Crippen LogP contribution is -2.40. The van der Waals surface area contributed by atoms with Gasteiger partial charge in [0.1, 0.15) is 0 Å². The van der Waals surface area contributed by atoms with Crippen molar-refractivity contribution < 1.29 is 5.11 Å². The maximum Gasteiger partial charge on any atom is 0.346 e. The first-order chi connectivity index (χ1) is 7.57. The lowest BCUT2D eigenvalue weighted by atomic mass is 10.3. The number of nitrogens with one attached hydrogen (secondary N) is 1. The molecule has 0 aliphatic heterocycles. The van der Waals surface area contributed by atoms with Gasteiger partial charge in [-0.3, -0.25) is 9.36 Å². The Morgan fingerprint density at radius 2 is 2.00 bits per heavy atom. The van der Waals surface area contributed by atoms with Crippen molar-refractivity contribution in [2.75, 3.05) is 18.5 Å². The summed E-state index contributed by atoms with van der Waals surface area (Å²) in [5, 5.41) is 15.3. The number of anilines is 1. The van der Waals surface area contributed by atoms with E-state index in [9.17, 15) is 9.59 Å². The van der Waals surface area contributed by atoms with Crippen LogP contribution in [0.5, 0.6) is 0 Å². The first kappa shape index (κ1) is 12.4. The molecule has 2 N–H and O–H groups in total. The molecule has 0 aliphatic carbocycles. The Morgan fingerprint density at radius 1 is 1.31 bits per heavy atom.